The largest absolute Gasteiger partial charge is 0.497 e. The van der Waals surface area contributed by atoms with Crippen LogP contribution in [-0.4, -0.2) is 42.9 Å². The van der Waals surface area contributed by atoms with E-state index in [-0.39, 0.29) is 12.1 Å². The highest BCUT2D eigenvalue weighted by atomic mass is 16.5. The molecule has 0 radical (unpaired) electrons. The molecular formula is C16H26N2O2. The zero-order valence-corrected chi connectivity index (χ0v) is 12.5. The van der Waals surface area contributed by atoms with Gasteiger partial charge in [-0.1, -0.05) is 12.1 Å². The lowest BCUT2D eigenvalue weighted by atomic mass is 9.92. The van der Waals surface area contributed by atoms with E-state index in [1.54, 1.807) is 7.11 Å². The Kier molecular flexibility index (Phi) is 5.40. The summed E-state index contributed by atoms with van der Waals surface area (Å²) in [4.78, 5) is 2.44. The molecular weight excluding hydrogens is 252 g/mol. The van der Waals surface area contributed by atoms with Crippen LogP contribution < -0.4 is 10.5 Å². The zero-order valence-electron chi connectivity index (χ0n) is 12.5. The summed E-state index contributed by atoms with van der Waals surface area (Å²) in [6, 6.07) is 8.45. The van der Waals surface area contributed by atoms with Gasteiger partial charge < -0.3 is 15.6 Å². The highest BCUT2D eigenvalue weighted by molar-refractivity contribution is 5.31. The Bertz CT molecular complexity index is 415. The predicted octanol–water partition coefficient (Wildman–Crippen LogP) is 1.79. The summed E-state index contributed by atoms with van der Waals surface area (Å²) in [7, 11) is 1.69. The van der Waals surface area contributed by atoms with Gasteiger partial charge >= 0.3 is 0 Å². The van der Waals surface area contributed by atoms with Crippen LogP contribution in [0.1, 0.15) is 31.4 Å². The smallest absolute Gasteiger partial charge is 0.119 e. The van der Waals surface area contributed by atoms with Crippen molar-refractivity contribution in [2.75, 3.05) is 26.8 Å². The van der Waals surface area contributed by atoms with Crippen molar-refractivity contribution >= 4 is 0 Å². The van der Waals surface area contributed by atoms with Gasteiger partial charge in [-0.05, 0) is 56.5 Å². The highest BCUT2D eigenvalue weighted by Gasteiger charge is 2.28. The van der Waals surface area contributed by atoms with Crippen LogP contribution in [0, 0.1) is 5.92 Å². The maximum absolute atomic E-state index is 9.25. The first-order chi connectivity index (χ1) is 9.65. The molecule has 4 nitrogen and oxygen atoms in total. The van der Waals surface area contributed by atoms with Gasteiger partial charge in [0.2, 0.25) is 0 Å². The van der Waals surface area contributed by atoms with Crippen molar-refractivity contribution in [1.82, 2.24) is 4.90 Å². The van der Waals surface area contributed by atoms with Crippen LogP contribution in [0.3, 0.4) is 0 Å². The van der Waals surface area contributed by atoms with Crippen molar-refractivity contribution in [2.45, 2.75) is 31.8 Å². The normalized spacial score (nSPS) is 20.6. The summed E-state index contributed by atoms with van der Waals surface area (Å²) in [5.41, 5.74) is 7.44. The maximum atomic E-state index is 9.25. The number of methoxy groups -OCH3 is 1. The highest BCUT2D eigenvalue weighted by Crippen LogP contribution is 2.30. The Labute approximate surface area is 121 Å². The van der Waals surface area contributed by atoms with Gasteiger partial charge in [-0.15, -0.1) is 0 Å². The van der Waals surface area contributed by atoms with E-state index in [1.807, 2.05) is 12.1 Å². The summed E-state index contributed by atoms with van der Waals surface area (Å²) >= 11 is 0. The summed E-state index contributed by atoms with van der Waals surface area (Å²) in [6.45, 7) is 4.35. The molecule has 1 fully saturated rings. The third kappa shape index (κ3) is 3.51. The van der Waals surface area contributed by atoms with Gasteiger partial charge in [0, 0.05) is 18.7 Å². The van der Waals surface area contributed by atoms with E-state index in [4.69, 9.17) is 10.5 Å². The number of rotatable bonds is 5. The fraction of sp³-hybridized carbons (Fsp3) is 0.625. The molecule has 0 spiro atoms. The van der Waals surface area contributed by atoms with Crippen LogP contribution in [0.15, 0.2) is 24.3 Å². The lowest BCUT2D eigenvalue weighted by Gasteiger charge is -2.39. The zero-order chi connectivity index (χ0) is 14.5. The van der Waals surface area contributed by atoms with Crippen molar-refractivity contribution in [1.29, 1.82) is 0 Å². The monoisotopic (exact) mass is 278 g/mol. The van der Waals surface area contributed by atoms with E-state index < -0.39 is 0 Å². The molecule has 112 valence electrons. The second kappa shape index (κ2) is 7.07. The topological polar surface area (TPSA) is 58.7 Å². The second-order valence-electron chi connectivity index (χ2n) is 5.74. The van der Waals surface area contributed by atoms with E-state index in [9.17, 15) is 5.11 Å². The molecule has 1 saturated heterocycles. The molecule has 0 amide bonds. The minimum atomic E-state index is 0.0628. The number of likely N-dealkylation sites (tertiary alicyclic amines) is 1. The fourth-order valence-corrected chi connectivity index (χ4v) is 3.09. The lowest BCUT2D eigenvalue weighted by molar-refractivity contribution is 0.0914. The molecule has 4 heteroatoms. The Morgan fingerprint density at radius 3 is 2.65 bits per heavy atom. The first kappa shape index (κ1) is 15.3. The minimum absolute atomic E-state index is 0.0628. The van der Waals surface area contributed by atoms with E-state index in [2.05, 4.69) is 24.0 Å². The number of nitrogens with two attached hydrogens (primary N) is 1. The molecule has 2 rings (SSSR count). The third-order valence-corrected chi connectivity index (χ3v) is 4.23. The van der Waals surface area contributed by atoms with E-state index in [0.29, 0.717) is 12.5 Å². The van der Waals surface area contributed by atoms with Crippen LogP contribution in [0.2, 0.25) is 0 Å². The quantitative estimate of drug-likeness (QED) is 0.862. The van der Waals surface area contributed by atoms with Crippen LogP contribution in [-0.2, 0) is 0 Å². The third-order valence-electron chi connectivity index (χ3n) is 4.23. The first-order valence-corrected chi connectivity index (χ1v) is 7.40. The van der Waals surface area contributed by atoms with Gasteiger partial charge in [-0.3, -0.25) is 4.90 Å². The molecule has 1 aromatic carbocycles. The van der Waals surface area contributed by atoms with Crippen molar-refractivity contribution in [3.05, 3.63) is 29.8 Å². The Hall–Kier alpha value is -1.10. The van der Waals surface area contributed by atoms with Gasteiger partial charge in [-0.25, -0.2) is 0 Å². The van der Waals surface area contributed by atoms with Crippen LogP contribution in [0.4, 0.5) is 0 Å². The van der Waals surface area contributed by atoms with Gasteiger partial charge in [0.1, 0.15) is 5.75 Å². The van der Waals surface area contributed by atoms with Gasteiger partial charge in [0.05, 0.1) is 7.11 Å². The summed E-state index contributed by atoms with van der Waals surface area (Å²) < 4.78 is 5.31. The van der Waals surface area contributed by atoms with Crippen LogP contribution in [0.5, 0.6) is 5.75 Å². The molecule has 0 aliphatic carbocycles. The number of benzene rings is 1. The Morgan fingerprint density at radius 1 is 1.40 bits per heavy atom. The fourth-order valence-electron chi connectivity index (χ4n) is 3.09. The molecule has 3 N–H and O–H groups in total. The lowest BCUT2D eigenvalue weighted by Crippen LogP contribution is -2.44. The van der Waals surface area contributed by atoms with Gasteiger partial charge in [0.25, 0.3) is 0 Å². The molecule has 0 saturated carbocycles. The van der Waals surface area contributed by atoms with Crippen molar-refractivity contribution in [2.24, 2.45) is 11.7 Å². The van der Waals surface area contributed by atoms with Crippen LogP contribution in [0.25, 0.3) is 0 Å². The molecule has 20 heavy (non-hydrogen) atoms. The predicted molar refractivity (Wildman–Crippen MR) is 80.8 cm³/mol. The van der Waals surface area contributed by atoms with Crippen LogP contribution >= 0.6 is 0 Å². The Balaban J connectivity index is 2.14. The number of hydrogen-bond donors (Lipinski definition) is 2. The molecule has 2 unspecified atom stereocenters. The number of piperidine rings is 1. The first-order valence-electron chi connectivity index (χ1n) is 7.40. The molecule has 0 aromatic heterocycles. The maximum Gasteiger partial charge on any atom is 0.119 e. The molecule has 1 heterocycles. The summed E-state index contributed by atoms with van der Waals surface area (Å²) in [6.07, 6.45) is 2.09. The molecule has 1 aromatic rings. The average Bonchev–Trinajstić information content (AvgIpc) is 2.48. The summed E-state index contributed by atoms with van der Waals surface area (Å²) in [5.74, 6) is 1.32. The van der Waals surface area contributed by atoms with Gasteiger partial charge in [-0.2, -0.15) is 0 Å². The van der Waals surface area contributed by atoms with Crippen molar-refractivity contribution in [3.8, 4) is 5.75 Å². The number of aliphatic hydroxyl groups excluding tert-OH is 1. The minimum Gasteiger partial charge on any atom is -0.497 e. The second-order valence-corrected chi connectivity index (χ2v) is 5.74. The van der Waals surface area contributed by atoms with Crippen molar-refractivity contribution < 1.29 is 9.84 Å². The van der Waals surface area contributed by atoms with Crippen molar-refractivity contribution in [3.63, 3.8) is 0 Å². The number of ether oxygens (including phenoxy) is 1. The summed E-state index contributed by atoms with van der Waals surface area (Å²) in [5, 5.41) is 9.25. The van der Waals surface area contributed by atoms with E-state index in [1.165, 1.54) is 5.56 Å². The Morgan fingerprint density at radius 2 is 2.10 bits per heavy atom. The number of nitrogens with zero attached hydrogens (tertiary/aromatic N) is 1. The standard InChI is InChI=1S/C16H26N2O2/c1-12(17)16(14-4-3-5-15(10-14)20-2)18-8-6-13(11-19)7-9-18/h3-5,10,12-13,16,19H,6-9,11,17H2,1-2H3. The molecule has 0 bridgehead atoms. The van der Waals surface area contributed by atoms with E-state index >= 15 is 0 Å². The number of hydrogen-bond acceptors (Lipinski definition) is 4. The number of aliphatic hydroxyl groups is 1. The molecule has 1 aliphatic heterocycles. The van der Waals surface area contributed by atoms with E-state index in [0.717, 1.165) is 31.7 Å². The SMILES string of the molecule is COc1cccc(C(C(C)N)N2CCC(CO)CC2)c1. The van der Waals surface area contributed by atoms with Gasteiger partial charge in [0.15, 0.2) is 0 Å². The molecule has 1 aliphatic rings. The average molecular weight is 278 g/mol. The molecule has 2 atom stereocenters.